The fraction of sp³-hybridized carbons (Fsp3) is 0.480. The molecule has 0 aliphatic carbocycles. The van der Waals surface area contributed by atoms with Crippen molar-refractivity contribution >= 4 is 11.7 Å². The van der Waals surface area contributed by atoms with Gasteiger partial charge in [0.2, 0.25) is 0 Å². The Labute approximate surface area is 175 Å². The third-order valence-electron chi connectivity index (χ3n) is 6.06. The van der Waals surface area contributed by atoms with E-state index in [0.29, 0.717) is 5.92 Å². The molecule has 1 fully saturated rings. The van der Waals surface area contributed by atoms with Crippen LogP contribution in [0.1, 0.15) is 35.1 Å². The van der Waals surface area contributed by atoms with Gasteiger partial charge in [-0.15, -0.1) is 0 Å². The van der Waals surface area contributed by atoms with E-state index in [2.05, 4.69) is 54.4 Å². The largest absolute Gasteiger partial charge is 0.327 e. The molecule has 1 aliphatic heterocycles. The number of nitrogens with one attached hydrogen (secondary N) is 1. The van der Waals surface area contributed by atoms with E-state index in [9.17, 15) is 4.79 Å². The highest BCUT2D eigenvalue weighted by atomic mass is 16.2. The Bertz CT molecular complexity index is 833. The van der Waals surface area contributed by atoms with E-state index >= 15 is 0 Å². The van der Waals surface area contributed by atoms with Crippen molar-refractivity contribution < 1.29 is 4.79 Å². The second-order valence-electron chi connectivity index (χ2n) is 8.61. The molecule has 1 atom stereocenters. The predicted octanol–water partition coefficient (Wildman–Crippen LogP) is 5.03. The lowest BCUT2D eigenvalue weighted by Gasteiger charge is -2.35. The first kappa shape index (κ1) is 21.4. The number of amides is 2. The molecule has 156 valence electrons. The second-order valence-corrected chi connectivity index (χ2v) is 8.61. The summed E-state index contributed by atoms with van der Waals surface area (Å²) >= 11 is 0. The first-order valence-corrected chi connectivity index (χ1v) is 10.8. The second kappa shape index (κ2) is 9.93. The first-order chi connectivity index (χ1) is 13.9. The van der Waals surface area contributed by atoms with E-state index in [1.54, 1.807) is 0 Å². The normalized spacial score (nSPS) is 17.2. The number of hydrogen-bond acceptors (Lipinski definition) is 2. The van der Waals surface area contributed by atoms with Crippen LogP contribution in [-0.4, -0.2) is 49.1 Å². The summed E-state index contributed by atoms with van der Waals surface area (Å²) in [5.41, 5.74) is 6.04. The number of aryl methyl sites for hydroxylation is 3. The van der Waals surface area contributed by atoms with Crippen LogP contribution in [-0.2, 0) is 6.42 Å². The lowest BCUT2D eigenvalue weighted by Crippen LogP contribution is -2.43. The predicted molar refractivity (Wildman–Crippen MR) is 122 cm³/mol. The molecule has 1 N–H and O–H groups in total. The van der Waals surface area contributed by atoms with Gasteiger partial charge in [0.05, 0.1) is 0 Å². The third-order valence-corrected chi connectivity index (χ3v) is 6.06. The molecule has 2 aromatic carbocycles. The van der Waals surface area contributed by atoms with E-state index in [1.807, 2.05) is 31.0 Å². The Kier molecular flexibility index (Phi) is 7.32. The zero-order valence-electron chi connectivity index (χ0n) is 18.4. The molecule has 0 saturated carbocycles. The molecule has 1 heterocycles. The van der Waals surface area contributed by atoms with Crippen LogP contribution in [0.2, 0.25) is 0 Å². The maximum Gasteiger partial charge on any atom is 0.321 e. The average molecular weight is 394 g/mol. The van der Waals surface area contributed by atoms with Crippen molar-refractivity contribution in [1.82, 2.24) is 9.80 Å². The number of likely N-dealkylation sites (tertiary alicyclic amines) is 1. The van der Waals surface area contributed by atoms with Crippen LogP contribution in [0, 0.1) is 26.7 Å². The van der Waals surface area contributed by atoms with Gasteiger partial charge in [0.15, 0.2) is 0 Å². The minimum absolute atomic E-state index is 0.0195. The van der Waals surface area contributed by atoms with Gasteiger partial charge in [-0.2, -0.15) is 0 Å². The van der Waals surface area contributed by atoms with Crippen LogP contribution in [0.4, 0.5) is 10.5 Å². The van der Waals surface area contributed by atoms with Gasteiger partial charge in [-0.25, -0.2) is 4.79 Å². The summed E-state index contributed by atoms with van der Waals surface area (Å²) in [6.07, 6.45) is 3.51. The van der Waals surface area contributed by atoms with Crippen LogP contribution < -0.4 is 5.32 Å². The van der Waals surface area contributed by atoms with Gasteiger partial charge in [0.25, 0.3) is 0 Å². The van der Waals surface area contributed by atoms with E-state index < -0.39 is 0 Å². The monoisotopic (exact) mass is 393 g/mol. The molecular weight excluding hydrogens is 358 g/mol. The zero-order valence-corrected chi connectivity index (χ0v) is 18.4. The van der Waals surface area contributed by atoms with Gasteiger partial charge in [0.1, 0.15) is 0 Å². The number of carbonyl (C=O) groups excluding carboxylic acids is 1. The minimum Gasteiger partial charge on any atom is -0.327 e. The molecule has 29 heavy (non-hydrogen) atoms. The van der Waals surface area contributed by atoms with Gasteiger partial charge in [0, 0.05) is 32.4 Å². The van der Waals surface area contributed by atoms with E-state index in [0.717, 1.165) is 37.3 Å². The maximum atomic E-state index is 12.7. The number of anilines is 1. The molecule has 4 heteroatoms. The lowest BCUT2D eigenvalue weighted by molar-refractivity contribution is 0.150. The van der Waals surface area contributed by atoms with Gasteiger partial charge < -0.3 is 15.1 Å². The summed E-state index contributed by atoms with van der Waals surface area (Å²) in [6.45, 7) is 10.4. The van der Waals surface area contributed by atoms with Crippen molar-refractivity contribution in [1.29, 1.82) is 0 Å². The van der Waals surface area contributed by atoms with Crippen LogP contribution >= 0.6 is 0 Å². The van der Waals surface area contributed by atoms with Crippen molar-refractivity contribution in [2.45, 2.75) is 40.0 Å². The van der Waals surface area contributed by atoms with Gasteiger partial charge >= 0.3 is 6.03 Å². The maximum absolute atomic E-state index is 12.7. The fourth-order valence-electron chi connectivity index (χ4n) is 4.31. The average Bonchev–Trinajstić information content (AvgIpc) is 2.69. The van der Waals surface area contributed by atoms with E-state index in [4.69, 9.17) is 0 Å². The van der Waals surface area contributed by atoms with Crippen molar-refractivity contribution in [3.8, 4) is 0 Å². The standard InChI is InChI=1S/C25H35N3O/c1-19-11-12-24(21(3)16-19)26-25(29)27(4)17-22-9-7-14-28(18-22)15-13-23-10-6-5-8-20(23)2/h5-6,8,10-12,16,22H,7,9,13-15,17-18H2,1-4H3,(H,26,29)/t22-/m0/s1. The van der Waals surface area contributed by atoms with Crippen LogP contribution in [0.3, 0.4) is 0 Å². The number of urea groups is 1. The Hall–Kier alpha value is -2.33. The molecule has 1 saturated heterocycles. The van der Waals surface area contributed by atoms with Crippen LogP contribution in [0.15, 0.2) is 42.5 Å². The molecule has 0 bridgehead atoms. The number of hydrogen-bond donors (Lipinski definition) is 1. The van der Waals surface area contributed by atoms with Gasteiger partial charge in [-0.1, -0.05) is 42.0 Å². The smallest absolute Gasteiger partial charge is 0.321 e. The SMILES string of the molecule is Cc1ccc(NC(=O)N(C)C[C@@H]2CCCN(CCc3ccccc3C)C2)c(C)c1. The van der Waals surface area contributed by atoms with Gasteiger partial charge in [-0.3, -0.25) is 0 Å². The first-order valence-electron chi connectivity index (χ1n) is 10.8. The van der Waals surface area contributed by atoms with Crippen molar-refractivity contribution in [3.63, 3.8) is 0 Å². The van der Waals surface area contributed by atoms with Crippen LogP contribution in [0.25, 0.3) is 0 Å². The summed E-state index contributed by atoms with van der Waals surface area (Å²) in [5.74, 6) is 0.537. The Balaban J connectivity index is 1.48. The summed E-state index contributed by atoms with van der Waals surface area (Å²) in [5, 5.41) is 3.06. The topological polar surface area (TPSA) is 35.6 Å². The minimum atomic E-state index is -0.0195. The molecule has 0 aromatic heterocycles. The summed E-state index contributed by atoms with van der Waals surface area (Å²) in [4.78, 5) is 17.1. The van der Waals surface area contributed by atoms with E-state index in [1.165, 1.54) is 36.1 Å². The molecule has 0 radical (unpaired) electrons. The highest BCUT2D eigenvalue weighted by Gasteiger charge is 2.23. The number of benzene rings is 2. The van der Waals surface area contributed by atoms with Crippen molar-refractivity contribution in [2.75, 3.05) is 38.5 Å². The summed E-state index contributed by atoms with van der Waals surface area (Å²) in [7, 11) is 1.91. The zero-order chi connectivity index (χ0) is 20.8. The Morgan fingerprint density at radius 2 is 1.93 bits per heavy atom. The highest BCUT2D eigenvalue weighted by Crippen LogP contribution is 2.20. The molecule has 0 unspecified atom stereocenters. The van der Waals surface area contributed by atoms with Gasteiger partial charge in [-0.05, 0) is 75.3 Å². The van der Waals surface area contributed by atoms with Crippen molar-refractivity contribution in [2.24, 2.45) is 5.92 Å². The number of piperidine rings is 1. The molecular formula is C25H35N3O. The lowest BCUT2D eigenvalue weighted by atomic mass is 9.97. The Morgan fingerprint density at radius 3 is 2.69 bits per heavy atom. The highest BCUT2D eigenvalue weighted by molar-refractivity contribution is 5.90. The molecule has 0 spiro atoms. The number of carbonyl (C=O) groups is 1. The number of nitrogens with zero attached hydrogens (tertiary/aromatic N) is 2. The molecule has 4 nitrogen and oxygen atoms in total. The summed E-state index contributed by atoms with van der Waals surface area (Å²) < 4.78 is 0. The van der Waals surface area contributed by atoms with Crippen LogP contribution in [0.5, 0.6) is 0 Å². The molecule has 1 aliphatic rings. The van der Waals surface area contributed by atoms with Crippen molar-refractivity contribution in [3.05, 3.63) is 64.7 Å². The number of rotatable bonds is 6. The molecule has 2 amide bonds. The fourth-order valence-corrected chi connectivity index (χ4v) is 4.31. The summed E-state index contributed by atoms with van der Waals surface area (Å²) in [6, 6.07) is 14.8. The van der Waals surface area contributed by atoms with E-state index in [-0.39, 0.29) is 6.03 Å². The Morgan fingerprint density at radius 1 is 1.14 bits per heavy atom. The molecule has 3 rings (SSSR count). The molecule has 2 aromatic rings. The third kappa shape index (κ3) is 6.07. The quantitative estimate of drug-likeness (QED) is 0.747.